The Kier molecular flexibility index (Phi) is 5.48. The molecule has 0 amide bonds. The van der Waals surface area contributed by atoms with Gasteiger partial charge in [0.2, 0.25) is 0 Å². The minimum atomic E-state index is -2.88. The second-order valence-electron chi connectivity index (χ2n) is 6.33. The van der Waals surface area contributed by atoms with Crippen LogP contribution in [-0.4, -0.2) is 43.8 Å². The fourth-order valence-electron chi connectivity index (χ4n) is 2.85. The molecule has 0 saturated carbocycles. The Labute approximate surface area is 168 Å². The number of aromatic nitrogens is 4. The molecule has 3 aromatic rings. The van der Waals surface area contributed by atoms with Gasteiger partial charge in [0.05, 0.1) is 36.9 Å². The minimum absolute atomic E-state index is 0.0628. The molecule has 0 spiro atoms. The van der Waals surface area contributed by atoms with Crippen LogP contribution in [0.2, 0.25) is 0 Å². The summed E-state index contributed by atoms with van der Waals surface area (Å²) in [6.07, 6.45) is 4.08. The van der Waals surface area contributed by atoms with Gasteiger partial charge >= 0.3 is 18.4 Å². The first-order valence-corrected chi connectivity index (χ1v) is 8.80. The van der Waals surface area contributed by atoms with Crippen LogP contribution in [0, 0.1) is 10.1 Å². The van der Waals surface area contributed by atoms with Crippen LogP contribution in [0.4, 0.5) is 14.6 Å². The molecule has 1 aliphatic heterocycles. The summed E-state index contributed by atoms with van der Waals surface area (Å²) in [5.74, 6) is -0.214. The molecule has 1 atom stereocenters. The molecule has 0 bridgehead atoms. The number of ether oxygens (including phenoxy) is 3. The van der Waals surface area contributed by atoms with Crippen LogP contribution in [0.3, 0.4) is 0 Å². The number of benzene rings is 1. The lowest BCUT2D eigenvalue weighted by Crippen LogP contribution is -2.32. The topological polar surface area (TPSA) is 114 Å². The van der Waals surface area contributed by atoms with E-state index in [1.54, 1.807) is 24.5 Å². The SMILES string of the molecule is O=[N+]([O-])c1cn2c(n1)OC[C@@H](OCc1cnc(-c3ccc(OC(F)F)cc3)cn1)C2. The summed E-state index contributed by atoms with van der Waals surface area (Å²) in [4.78, 5) is 22.6. The van der Waals surface area contributed by atoms with E-state index in [0.717, 1.165) is 0 Å². The fraction of sp³-hybridized carbons (Fsp3) is 0.278. The van der Waals surface area contributed by atoms with E-state index in [0.29, 0.717) is 23.5 Å². The van der Waals surface area contributed by atoms with Gasteiger partial charge in [0.1, 0.15) is 24.7 Å². The summed E-state index contributed by atoms with van der Waals surface area (Å²) >= 11 is 0. The molecule has 0 saturated heterocycles. The van der Waals surface area contributed by atoms with Gasteiger partial charge in [-0.1, -0.05) is 0 Å². The van der Waals surface area contributed by atoms with Crippen LogP contribution in [0.1, 0.15) is 5.69 Å². The van der Waals surface area contributed by atoms with Gasteiger partial charge in [-0.05, 0) is 29.2 Å². The number of rotatable bonds is 7. The lowest BCUT2D eigenvalue weighted by Gasteiger charge is -2.22. The first kappa shape index (κ1) is 19.6. The van der Waals surface area contributed by atoms with Crippen molar-refractivity contribution >= 4 is 5.82 Å². The highest BCUT2D eigenvalue weighted by Crippen LogP contribution is 2.23. The Morgan fingerprint density at radius 2 is 2.07 bits per heavy atom. The number of fused-ring (bicyclic) bond motifs is 1. The summed E-state index contributed by atoms with van der Waals surface area (Å²) in [6.45, 7) is -2.12. The zero-order chi connectivity index (χ0) is 21.1. The van der Waals surface area contributed by atoms with Crippen molar-refractivity contribution in [2.45, 2.75) is 25.9 Å². The van der Waals surface area contributed by atoms with Crippen LogP contribution < -0.4 is 9.47 Å². The third-order valence-corrected chi connectivity index (χ3v) is 4.26. The molecule has 10 nitrogen and oxygen atoms in total. The molecule has 30 heavy (non-hydrogen) atoms. The monoisotopic (exact) mass is 419 g/mol. The molecule has 0 aliphatic carbocycles. The highest BCUT2D eigenvalue weighted by atomic mass is 19.3. The minimum Gasteiger partial charge on any atom is -0.443 e. The Balaban J connectivity index is 1.33. The van der Waals surface area contributed by atoms with Crippen molar-refractivity contribution in [1.82, 2.24) is 19.5 Å². The number of hydrogen-bond donors (Lipinski definition) is 0. The number of imidazole rings is 1. The van der Waals surface area contributed by atoms with Crippen LogP contribution in [0.15, 0.2) is 42.9 Å². The van der Waals surface area contributed by atoms with E-state index in [1.807, 2.05) is 0 Å². The molecule has 1 aliphatic rings. The molecule has 1 aromatic carbocycles. The van der Waals surface area contributed by atoms with Crippen LogP contribution in [-0.2, 0) is 17.9 Å². The second-order valence-corrected chi connectivity index (χ2v) is 6.33. The van der Waals surface area contributed by atoms with Gasteiger partial charge in [-0.25, -0.2) is 0 Å². The molecule has 3 heterocycles. The highest BCUT2D eigenvalue weighted by Gasteiger charge is 2.28. The number of nitrogens with zero attached hydrogens (tertiary/aromatic N) is 5. The Morgan fingerprint density at radius 3 is 2.73 bits per heavy atom. The Bertz CT molecular complexity index is 1030. The van der Waals surface area contributed by atoms with Crippen molar-refractivity contribution in [1.29, 1.82) is 0 Å². The number of nitro groups is 1. The average Bonchev–Trinajstić information content (AvgIpc) is 3.17. The average molecular weight is 419 g/mol. The largest absolute Gasteiger partial charge is 0.443 e. The van der Waals surface area contributed by atoms with Gasteiger partial charge in [0, 0.05) is 10.5 Å². The molecule has 4 rings (SSSR count). The van der Waals surface area contributed by atoms with Gasteiger partial charge in [0.25, 0.3) is 0 Å². The predicted molar refractivity (Wildman–Crippen MR) is 97.1 cm³/mol. The standard InChI is InChI=1S/C18H15F2N5O5/c19-17(20)30-13-3-1-11(2-4-13)15-6-21-12(5-22-15)9-28-14-7-24-8-16(25(26)27)23-18(24)29-10-14/h1-6,8,14,17H,7,9-10H2/t14-/m0/s1. The van der Waals surface area contributed by atoms with Gasteiger partial charge in [0.15, 0.2) is 0 Å². The van der Waals surface area contributed by atoms with Crippen molar-refractivity contribution < 1.29 is 27.9 Å². The fourth-order valence-corrected chi connectivity index (χ4v) is 2.85. The number of alkyl halides is 2. The zero-order valence-corrected chi connectivity index (χ0v) is 15.4. The van der Waals surface area contributed by atoms with Crippen molar-refractivity contribution in [2.75, 3.05) is 6.61 Å². The van der Waals surface area contributed by atoms with Gasteiger partial charge in [-0.2, -0.15) is 8.78 Å². The van der Waals surface area contributed by atoms with Crippen molar-refractivity contribution in [3.05, 3.63) is 58.7 Å². The summed E-state index contributed by atoms with van der Waals surface area (Å²) < 4.78 is 41.4. The third kappa shape index (κ3) is 4.49. The van der Waals surface area contributed by atoms with E-state index in [9.17, 15) is 18.9 Å². The normalized spacial score (nSPS) is 15.5. The van der Waals surface area contributed by atoms with Crippen LogP contribution in [0.25, 0.3) is 11.3 Å². The highest BCUT2D eigenvalue weighted by molar-refractivity contribution is 5.58. The number of hydrogen-bond acceptors (Lipinski definition) is 8. The predicted octanol–water partition coefficient (Wildman–Crippen LogP) is 2.83. The maximum atomic E-state index is 12.2. The van der Waals surface area contributed by atoms with Gasteiger partial charge in [-0.3, -0.25) is 14.5 Å². The summed E-state index contributed by atoms with van der Waals surface area (Å²) in [6, 6.07) is 6.27. The van der Waals surface area contributed by atoms with Crippen LogP contribution >= 0.6 is 0 Å². The zero-order valence-electron chi connectivity index (χ0n) is 15.4. The van der Waals surface area contributed by atoms with E-state index in [1.165, 1.54) is 22.9 Å². The summed E-state index contributed by atoms with van der Waals surface area (Å²) in [5.41, 5.74) is 1.85. The molecular formula is C18H15F2N5O5. The molecule has 12 heteroatoms. The molecular weight excluding hydrogens is 404 g/mol. The quantitative estimate of drug-likeness (QED) is 0.424. The number of halogens is 2. The lowest BCUT2D eigenvalue weighted by molar-refractivity contribution is -0.389. The van der Waals surface area contributed by atoms with Crippen LogP contribution in [0.5, 0.6) is 11.8 Å². The maximum Gasteiger partial charge on any atom is 0.414 e. The third-order valence-electron chi connectivity index (χ3n) is 4.26. The molecule has 0 N–H and O–H groups in total. The second kappa shape index (κ2) is 8.37. The first-order chi connectivity index (χ1) is 14.5. The van der Waals surface area contributed by atoms with E-state index in [2.05, 4.69) is 19.7 Å². The smallest absolute Gasteiger partial charge is 0.414 e. The molecule has 2 aromatic heterocycles. The van der Waals surface area contributed by atoms with Crippen molar-refractivity contribution in [3.63, 3.8) is 0 Å². The molecule has 0 radical (unpaired) electrons. The molecule has 0 unspecified atom stereocenters. The van der Waals surface area contributed by atoms with E-state index < -0.39 is 11.5 Å². The Hall–Kier alpha value is -3.67. The summed E-state index contributed by atoms with van der Waals surface area (Å²) in [7, 11) is 0. The van der Waals surface area contributed by atoms with Gasteiger partial charge in [-0.15, -0.1) is 0 Å². The lowest BCUT2D eigenvalue weighted by atomic mass is 10.1. The van der Waals surface area contributed by atoms with E-state index >= 15 is 0 Å². The molecule has 0 fully saturated rings. The van der Waals surface area contributed by atoms with Crippen molar-refractivity contribution in [2.24, 2.45) is 0 Å². The van der Waals surface area contributed by atoms with E-state index in [4.69, 9.17) is 9.47 Å². The molecule has 156 valence electrons. The van der Waals surface area contributed by atoms with Gasteiger partial charge < -0.3 is 24.3 Å². The van der Waals surface area contributed by atoms with E-state index in [-0.39, 0.29) is 36.9 Å². The first-order valence-electron chi connectivity index (χ1n) is 8.80. The van der Waals surface area contributed by atoms with Crippen molar-refractivity contribution in [3.8, 4) is 23.0 Å². The maximum absolute atomic E-state index is 12.2. The summed E-state index contributed by atoms with van der Waals surface area (Å²) in [5, 5.41) is 10.8. The Morgan fingerprint density at radius 1 is 1.27 bits per heavy atom.